The number of benzene rings is 3. The van der Waals surface area contributed by atoms with Gasteiger partial charge in [0.1, 0.15) is 23.8 Å². The molecule has 0 amide bonds. The van der Waals surface area contributed by atoms with Crippen molar-refractivity contribution in [1.29, 1.82) is 0 Å². The van der Waals surface area contributed by atoms with Gasteiger partial charge in [-0.15, -0.1) is 5.10 Å². The van der Waals surface area contributed by atoms with Crippen molar-refractivity contribution < 1.29 is 9.47 Å². The molecule has 0 N–H and O–H groups in total. The average molecular weight is 602 g/mol. The molecule has 3 aromatic heterocycles. The lowest BCUT2D eigenvalue weighted by molar-refractivity contribution is 0.317. The van der Waals surface area contributed by atoms with Crippen LogP contribution in [0, 0.1) is 6.92 Å². The van der Waals surface area contributed by atoms with E-state index >= 15 is 0 Å². The van der Waals surface area contributed by atoms with Crippen LogP contribution in [0.4, 0.5) is 0 Å². The summed E-state index contributed by atoms with van der Waals surface area (Å²) in [6, 6.07) is 23.6. The minimum Gasteiger partial charge on any atom is -0.494 e. The maximum atomic E-state index is 13.4. The van der Waals surface area contributed by atoms with Crippen LogP contribution in [0.2, 0.25) is 0 Å². The molecule has 3 heterocycles. The minimum absolute atomic E-state index is 0.223. The summed E-state index contributed by atoms with van der Waals surface area (Å²) in [6.07, 6.45) is 10.2. The van der Waals surface area contributed by atoms with Gasteiger partial charge in [0.25, 0.3) is 5.56 Å². The molecule has 3 aromatic carbocycles. The molecule has 0 fully saturated rings. The molecular formula is C35H31N5O3S. The highest BCUT2D eigenvalue weighted by Gasteiger charge is 2.16. The second-order valence-corrected chi connectivity index (χ2v) is 11.1. The molecule has 0 atom stereocenters. The molecule has 0 radical (unpaired) electrons. The Balaban J connectivity index is 1.34. The molecule has 0 aliphatic carbocycles. The zero-order valence-electron chi connectivity index (χ0n) is 24.5. The molecule has 8 nitrogen and oxygen atoms in total. The number of fused-ring (bicyclic) bond motifs is 1. The van der Waals surface area contributed by atoms with Crippen LogP contribution in [0.1, 0.15) is 35.9 Å². The molecule has 0 saturated carbocycles. The topological polar surface area (TPSA) is 83.5 Å². The summed E-state index contributed by atoms with van der Waals surface area (Å²) < 4.78 is 15.1. The maximum Gasteiger partial charge on any atom is 0.291 e. The monoisotopic (exact) mass is 601 g/mol. The van der Waals surface area contributed by atoms with Crippen molar-refractivity contribution in [2.75, 3.05) is 13.2 Å². The van der Waals surface area contributed by atoms with Gasteiger partial charge in [-0.25, -0.2) is 4.68 Å². The van der Waals surface area contributed by atoms with Crippen LogP contribution in [-0.4, -0.2) is 37.6 Å². The molecule has 44 heavy (non-hydrogen) atoms. The fraction of sp³-hybridized carbons (Fsp3) is 0.143. The van der Waals surface area contributed by atoms with Gasteiger partial charge < -0.3 is 9.47 Å². The van der Waals surface area contributed by atoms with Gasteiger partial charge in [-0.05, 0) is 79.1 Å². The molecule has 0 spiro atoms. The fourth-order valence-corrected chi connectivity index (χ4v) is 5.59. The zero-order chi connectivity index (χ0) is 30.5. The van der Waals surface area contributed by atoms with Crippen LogP contribution < -0.4 is 19.6 Å². The first-order valence-electron chi connectivity index (χ1n) is 14.3. The number of rotatable bonds is 11. The standard InChI is InChI=1S/C35H31N5O3S/c1-4-19-42-28-14-11-25(12-15-28)13-18-32-36-35-40(37-32)34(41)31(44-35)22-26-23-39(27-9-7-6-8-10-27)38-33(26)30-17-16-29(21-24(30)3)43-20-5-2/h4,6-18,21-23H,1,5,19-20H2,2-3H3/b18-13+,31-22-. The average Bonchev–Trinajstić information content (AvgIpc) is 3.73. The normalized spacial score (nSPS) is 11.9. The lowest BCUT2D eigenvalue weighted by atomic mass is 10.0. The predicted molar refractivity (Wildman–Crippen MR) is 177 cm³/mol. The van der Waals surface area contributed by atoms with Gasteiger partial charge >= 0.3 is 0 Å². The predicted octanol–water partition coefficient (Wildman–Crippen LogP) is 6.38. The summed E-state index contributed by atoms with van der Waals surface area (Å²) in [5.41, 5.74) is 5.27. The summed E-state index contributed by atoms with van der Waals surface area (Å²) in [5.74, 6) is 2.06. The van der Waals surface area contributed by atoms with Gasteiger partial charge in [0.2, 0.25) is 4.96 Å². The first kappa shape index (κ1) is 28.8. The Labute approximate surface area is 258 Å². The summed E-state index contributed by atoms with van der Waals surface area (Å²) in [6.45, 7) is 8.91. The van der Waals surface area contributed by atoms with Gasteiger partial charge in [-0.2, -0.15) is 14.6 Å². The molecule has 9 heteroatoms. The van der Waals surface area contributed by atoms with E-state index in [1.807, 2.05) is 103 Å². The first-order chi connectivity index (χ1) is 21.5. The molecule has 0 bridgehead atoms. The van der Waals surface area contributed by atoms with Crippen LogP contribution in [0.5, 0.6) is 11.5 Å². The molecule has 0 saturated heterocycles. The Hall–Kier alpha value is -5.28. The molecule has 220 valence electrons. The van der Waals surface area contributed by atoms with E-state index in [2.05, 4.69) is 23.6 Å². The van der Waals surface area contributed by atoms with Crippen LogP contribution >= 0.6 is 11.3 Å². The second-order valence-electron chi connectivity index (χ2n) is 10.1. The first-order valence-corrected chi connectivity index (χ1v) is 15.2. The van der Waals surface area contributed by atoms with E-state index in [-0.39, 0.29) is 5.56 Å². The van der Waals surface area contributed by atoms with E-state index in [1.165, 1.54) is 15.9 Å². The third-order valence-electron chi connectivity index (χ3n) is 6.85. The summed E-state index contributed by atoms with van der Waals surface area (Å²) in [7, 11) is 0. The van der Waals surface area contributed by atoms with Gasteiger partial charge in [0, 0.05) is 17.3 Å². The zero-order valence-corrected chi connectivity index (χ0v) is 25.3. The highest BCUT2D eigenvalue weighted by Crippen LogP contribution is 2.30. The van der Waals surface area contributed by atoms with Crippen LogP contribution in [0.3, 0.4) is 0 Å². The Morgan fingerprint density at radius 2 is 1.75 bits per heavy atom. The third kappa shape index (κ3) is 6.23. The Kier molecular flexibility index (Phi) is 8.47. The smallest absolute Gasteiger partial charge is 0.291 e. The van der Waals surface area contributed by atoms with E-state index in [0.717, 1.165) is 51.6 Å². The van der Waals surface area contributed by atoms with E-state index in [9.17, 15) is 4.79 Å². The van der Waals surface area contributed by atoms with Gasteiger partial charge in [0.15, 0.2) is 5.82 Å². The SMILES string of the molecule is C=CCOc1ccc(/C=C/c2nc3s/c(=C\c4cn(-c5ccccc5)nc4-c4ccc(OCCC)cc4C)c(=O)n3n2)cc1. The van der Waals surface area contributed by atoms with Gasteiger partial charge in [-0.3, -0.25) is 4.79 Å². The number of thiazole rings is 1. The quantitative estimate of drug-likeness (QED) is 0.160. The third-order valence-corrected chi connectivity index (χ3v) is 7.81. The van der Waals surface area contributed by atoms with E-state index < -0.39 is 0 Å². The minimum atomic E-state index is -0.223. The lowest BCUT2D eigenvalue weighted by Crippen LogP contribution is -2.23. The van der Waals surface area contributed by atoms with Crippen LogP contribution in [0.25, 0.3) is 40.1 Å². The van der Waals surface area contributed by atoms with Crippen molar-refractivity contribution >= 4 is 34.5 Å². The molecular weight excluding hydrogens is 570 g/mol. The van der Waals surface area contributed by atoms with Crippen molar-refractivity contribution in [3.63, 3.8) is 0 Å². The number of hydrogen-bond donors (Lipinski definition) is 0. The summed E-state index contributed by atoms with van der Waals surface area (Å²) >= 11 is 1.30. The fourth-order valence-electron chi connectivity index (χ4n) is 4.69. The molecule has 0 aliphatic rings. The molecule has 6 aromatic rings. The number of aryl methyl sites for hydroxylation is 1. The number of nitrogens with zero attached hydrogens (tertiary/aromatic N) is 5. The molecule has 0 aliphatic heterocycles. The second kappa shape index (κ2) is 12.9. The van der Waals surface area contributed by atoms with Crippen LogP contribution in [0.15, 0.2) is 96.4 Å². The Morgan fingerprint density at radius 1 is 0.955 bits per heavy atom. The highest BCUT2D eigenvalue weighted by atomic mass is 32.1. The summed E-state index contributed by atoms with van der Waals surface area (Å²) in [4.78, 5) is 18.5. The molecule has 6 rings (SSSR count). The Morgan fingerprint density at radius 3 is 2.48 bits per heavy atom. The molecule has 0 unspecified atom stereocenters. The number of aromatic nitrogens is 5. The number of ether oxygens (including phenoxy) is 2. The van der Waals surface area contributed by atoms with Crippen molar-refractivity contribution in [1.82, 2.24) is 24.4 Å². The highest BCUT2D eigenvalue weighted by molar-refractivity contribution is 7.15. The largest absolute Gasteiger partial charge is 0.494 e. The lowest BCUT2D eigenvalue weighted by Gasteiger charge is -2.09. The van der Waals surface area contributed by atoms with Gasteiger partial charge in [-0.1, -0.05) is 67.3 Å². The number of hydrogen-bond acceptors (Lipinski definition) is 7. The van der Waals surface area contributed by atoms with E-state index in [0.29, 0.717) is 28.5 Å². The van der Waals surface area contributed by atoms with Gasteiger partial charge in [0.05, 0.1) is 16.8 Å². The summed E-state index contributed by atoms with van der Waals surface area (Å²) in [5, 5.41) is 9.40. The van der Waals surface area contributed by atoms with Crippen molar-refractivity contribution in [2.45, 2.75) is 20.3 Å². The van der Waals surface area contributed by atoms with Crippen LogP contribution in [-0.2, 0) is 0 Å². The van der Waals surface area contributed by atoms with Crippen molar-refractivity contribution in [2.24, 2.45) is 0 Å². The van der Waals surface area contributed by atoms with E-state index in [1.54, 1.807) is 12.2 Å². The Bertz CT molecular complexity index is 2060. The van der Waals surface area contributed by atoms with E-state index in [4.69, 9.17) is 14.6 Å². The van der Waals surface area contributed by atoms with Crippen molar-refractivity contribution in [3.8, 4) is 28.4 Å². The van der Waals surface area contributed by atoms with Crippen molar-refractivity contribution in [3.05, 3.63) is 129 Å². The maximum absolute atomic E-state index is 13.4. The number of para-hydroxylation sites is 1.